The van der Waals surface area contributed by atoms with Crippen LogP contribution in [0.15, 0.2) is 0 Å². The topological polar surface area (TPSA) is 94.5 Å². The summed E-state index contributed by atoms with van der Waals surface area (Å²) < 4.78 is 0. The largest absolute Gasteiger partial charge is 0.412 e. The van der Waals surface area contributed by atoms with E-state index >= 15 is 0 Å². The molecule has 0 aromatic heterocycles. The molecule has 0 heterocycles. The maximum atomic E-state index is 0. The van der Waals surface area contributed by atoms with Crippen molar-refractivity contribution in [2.24, 2.45) is 0 Å². The van der Waals surface area contributed by atoms with Crippen LogP contribution in [0, 0.1) is 0 Å². The predicted octanol–water partition coefficient (Wildman–Crippen LogP) is -4.84. The summed E-state index contributed by atoms with van der Waals surface area (Å²) in [5.41, 5.74) is 0. The smallest absolute Gasteiger partial charge is 0.187 e. The molecule has 0 spiro atoms. The van der Waals surface area contributed by atoms with Crippen molar-refractivity contribution in [3.05, 3.63) is 0 Å². The van der Waals surface area contributed by atoms with Crippen LogP contribution in [0.25, 0.3) is 0 Å². The molecule has 3 nitrogen and oxygen atoms in total. The summed E-state index contributed by atoms with van der Waals surface area (Å²) in [5, 5.41) is 0. The van der Waals surface area contributed by atoms with Crippen LogP contribution in [-0.4, -0.2) is 51.2 Å². The minimum Gasteiger partial charge on any atom is -0.412 e. The van der Waals surface area contributed by atoms with Crippen molar-refractivity contribution in [1.29, 1.82) is 0 Å². The Morgan fingerprint density at radius 2 is 0.500 bits per heavy atom. The summed E-state index contributed by atoms with van der Waals surface area (Å²) in [4.78, 5) is 0. The van der Waals surface area contributed by atoms with E-state index in [1.54, 1.807) is 0 Å². The van der Waals surface area contributed by atoms with E-state index in [1.165, 1.54) is 0 Å². The van der Waals surface area contributed by atoms with Crippen LogP contribution < -0.4 is 0 Å². The Labute approximate surface area is 71.9 Å². The first-order chi connectivity index (χ1) is 0. The zero-order valence-corrected chi connectivity index (χ0v) is 4.09. The van der Waals surface area contributed by atoms with Gasteiger partial charge in [-0.25, -0.2) is 0 Å². The molecule has 0 bridgehead atoms. The third-order valence-electron chi connectivity index (χ3n) is 0. The maximum Gasteiger partial charge on any atom is 0.187 e. The molecule has 0 unspecified atom stereocenters. The molecule has 0 atom stereocenters. The Balaban J connectivity index is 0. The van der Waals surface area contributed by atoms with Gasteiger partial charge in [-0.15, -0.1) is 0 Å². The number of hydrogen-bond acceptors (Lipinski definition) is 0. The van der Waals surface area contributed by atoms with Gasteiger partial charge in [-0.1, -0.05) is 0 Å². The SMILES string of the molecule is O.O.O.[AlH3].[AlH3].[Pt]. The van der Waals surface area contributed by atoms with Crippen molar-refractivity contribution >= 4 is 34.7 Å². The van der Waals surface area contributed by atoms with Gasteiger partial charge in [-0.2, -0.15) is 0 Å². The molecule has 6 heavy (non-hydrogen) atoms. The van der Waals surface area contributed by atoms with Crippen LogP contribution in [0.4, 0.5) is 0 Å². The summed E-state index contributed by atoms with van der Waals surface area (Å²) in [5.74, 6) is 0. The van der Waals surface area contributed by atoms with E-state index in [1.807, 2.05) is 0 Å². The molecule has 0 fully saturated rings. The van der Waals surface area contributed by atoms with Gasteiger partial charge < -0.3 is 16.4 Å². The number of rotatable bonds is 0. The van der Waals surface area contributed by atoms with Gasteiger partial charge in [0.2, 0.25) is 0 Å². The van der Waals surface area contributed by atoms with E-state index in [0.717, 1.165) is 0 Å². The van der Waals surface area contributed by atoms with Gasteiger partial charge in [0.05, 0.1) is 0 Å². The minimum atomic E-state index is 0. The summed E-state index contributed by atoms with van der Waals surface area (Å²) >= 11 is 0. The molecule has 0 aliphatic rings. The molecule has 6 heteroatoms. The summed E-state index contributed by atoms with van der Waals surface area (Å²) in [7, 11) is 0. The normalized spacial score (nSPS) is 0. The van der Waals surface area contributed by atoms with Crippen molar-refractivity contribution in [2.45, 2.75) is 0 Å². The molecule has 0 aliphatic carbocycles. The van der Waals surface area contributed by atoms with Gasteiger partial charge in [-0.05, 0) is 0 Å². The van der Waals surface area contributed by atoms with Crippen molar-refractivity contribution in [3.8, 4) is 0 Å². The molecule has 6 N–H and O–H groups in total. The summed E-state index contributed by atoms with van der Waals surface area (Å²) in [6.45, 7) is 0. The quantitative estimate of drug-likeness (QED) is 0.401. The van der Waals surface area contributed by atoms with E-state index in [4.69, 9.17) is 0 Å². The first-order valence-corrected chi connectivity index (χ1v) is 0. The molecule has 0 amide bonds. The number of hydrogen-bond donors (Lipinski definition) is 0. The molecule has 0 aromatic rings. The van der Waals surface area contributed by atoms with Gasteiger partial charge >= 0.3 is 0 Å². The Morgan fingerprint density at radius 1 is 0.500 bits per heavy atom. The van der Waals surface area contributed by atoms with Gasteiger partial charge in [0, 0.05) is 21.1 Å². The monoisotopic (exact) mass is 309 g/mol. The second kappa shape index (κ2) is 78.9. The molecule has 0 saturated heterocycles. The minimum absolute atomic E-state index is 0. The first-order valence-electron chi connectivity index (χ1n) is 0. The Bertz CT molecular complexity index is 8.75. The summed E-state index contributed by atoms with van der Waals surface area (Å²) in [6.07, 6.45) is 0. The predicted molar refractivity (Wildman–Crippen MR) is 30.7 cm³/mol. The zero-order chi connectivity index (χ0) is 0. The molecule has 0 aliphatic heterocycles. The Hall–Kier alpha value is 1.63. The van der Waals surface area contributed by atoms with Gasteiger partial charge in [0.1, 0.15) is 0 Å². The van der Waals surface area contributed by atoms with Crippen LogP contribution in [0.1, 0.15) is 0 Å². The van der Waals surface area contributed by atoms with Crippen LogP contribution in [-0.2, 0) is 21.1 Å². The average molecular weight is 309 g/mol. The fourth-order valence-electron chi connectivity index (χ4n) is 0. The second-order valence-corrected chi connectivity index (χ2v) is 0. The fourth-order valence-corrected chi connectivity index (χ4v) is 0. The van der Waals surface area contributed by atoms with E-state index in [0.29, 0.717) is 0 Å². The van der Waals surface area contributed by atoms with Crippen molar-refractivity contribution < 1.29 is 37.5 Å². The van der Waals surface area contributed by atoms with Gasteiger partial charge in [-0.3, -0.25) is 0 Å². The molecule has 0 aromatic carbocycles. The standard InChI is InChI=1S/2Al.3H2O.Pt.6H/h;;3*1H2;;;;;;;. The van der Waals surface area contributed by atoms with Crippen molar-refractivity contribution in [2.75, 3.05) is 0 Å². The van der Waals surface area contributed by atoms with Crippen LogP contribution in [0.3, 0.4) is 0 Å². The average Bonchev–Trinajstić information content (AvgIpc) is 0. The molecule has 0 radical (unpaired) electrons. The van der Waals surface area contributed by atoms with E-state index < -0.39 is 0 Å². The van der Waals surface area contributed by atoms with Crippen LogP contribution in [0.5, 0.6) is 0 Å². The molecule has 0 saturated carbocycles. The van der Waals surface area contributed by atoms with E-state index in [2.05, 4.69) is 0 Å². The summed E-state index contributed by atoms with van der Waals surface area (Å²) in [6, 6.07) is 0. The van der Waals surface area contributed by atoms with E-state index in [-0.39, 0.29) is 72.2 Å². The first kappa shape index (κ1) is 126. The fraction of sp³-hybridized carbons (Fsp3) is 0. The van der Waals surface area contributed by atoms with Crippen molar-refractivity contribution in [3.63, 3.8) is 0 Å². The van der Waals surface area contributed by atoms with Gasteiger partial charge in [0.15, 0.2) is 34.7 Å². The Kier molecular flexibility index (Phi) is 1660. The maximum absolute atomic E-state index is 0. The van der Waals surface area contributed by atoms with Crippen molar-refractivity contribution in [1.82, 2.24) is 0 Å². The molecule has 0 rings (SSSR count). The zero-order valence-electron chi connectivity index (χ0n) is 1.82. The Morgan fingerprint density at radius 3 is 0.500 bits per heavy atom. The van der Waals surface area contributed by atoms with Crippen LogP contribution in [0.2, 0.25) is 0 Å². The second-order valence-electron chi connectivity index (χ2n) is 0. The molecular formula is H12Al2O3Pt. The third kappa shape index (κ3) is 45.3. The van der Waals surface area contributed by atoms with E-state index in [9.17, 15) is 0 Å². The van der Waals surface area contributed by atoms with Gasteiger partial charge in [0.25, 0.3) is 0 Å². The van der Waals surface area contributed by atoms with Crippen LogP contribution >= 0.6 is 0 Å². The molecular weight excluding hydrogens is 297 g/mol. The molecule has 46 valence electrons. The third-order valence-corrected chi connectivity index (χ3v) is 0.